The van der Waals surface area contributed by atoms with E-state index in [1.807, 2.05) is 0 Å². The highest BCUT2D eigenvalue weighted by Crippen LogP contribution is 2.21. The molecule has 1 aromatic rings. The van der Waals surface area contributed by atoms with Crippen LogP contribution >= 0.6 is 0 Å². The number of anilines is 1. The summed E-state index contributed by atoms with van der Waals surface area (Å²) in [6.45, 7) is 5.70. The van der Waals surface area contributed by atoms with Gasteiger partial charge in [0.05, 0.1) is 11.7 Å². The summed E-state index contributed by atoms with van der Waals surface area (Å²) in [7, 11) is 0. The fourth-order valence-electron chi connectivity index (χ4n) is 2.47. The summed E-state index contributed by atoms with van der Waals surface area (Å²) in [5.74, 6) is 0.192. The van der Waals surface area contributed by atoms with Crippen molar-refractivity contribution in [2.75, 3.05) is 18.5 Å². The summed E-state index contributed by atoms with van der Waals surface area (Å²) < 4.78 is 5.52. The maximum atomic E-state index is 11.1. The average Bonchev–Trinajstić information content (AvgIpc) is 2.82. The van der Waals surface area contributed by atoms with Gasteiger partial charge < -0.3 is 15.2 Å². The number of carboxylic acids is 1. The second kappa shape index (κ2) is 6.70. The molecule has 20 heavy (non-hydrogen) atoms. The van der Waals surface area contributed by atoms with E-state index in [0.29, 0.717) is 17.3 Å². The molecule has 0 aromatic carbocycles. The molecule has 0 amide bonds. The van der Waals surface area contributed by atoms with Crippen molar-refractivity contribution in [3.63, 3.8) is 0 Å². The number of carboxylic acid groups (broad SMARTS) is 1. The van der Waals surface area contributed by atoms with E-state index in [1.54, 1.807) is 12.1 Å². The van der Waals surface area contributed by atoms with Gasteiger partial charge in [-0.3, -0.25) is 0 Å². The number of rotatable bonds is 6. The highest BCUT2D eigenvalue weighted by atomic mass is 16.5. The molecule has 0 radical (unpaired) electrons. The number of pyridine rings is 1. The van der Waals surface area contributed by atoms with Crippen LogP contribution in [-0.2, 0) is 11.2 Å². The van der Waals surface area contributed by atoms with Gasteiger partial charge in [-0.1, -0.05) is 13.3 Å². The molecular weight excluding hydrogens is 256 g/mol. The van der Waals surface area contributed by atoms with Crippen LogP contribution < -0.4 is 5.32 Å². The number of ether oxygens (including phenoxy) is 1. The van der Waals surface area contributed by atoms with Crippen LogP contribution in [0.4, 0.5) is 5.82 Å². The Morgan fingerprint density at radius 2 is 2.35 bits per heavy atom. The van der Waals surface area contributed by atoms with Gasteiger partial charge in [-0.05, 0) is 31.9 Å². The summed E-state index contributed by atoms with van der Waals surface area (Å²) in [6.07, 6.45) is 3.02. The first kappa shape index (κ1) is 14.8. The third-order valence-electron chi connectivity index (χ3n) is 3.71. The number of aryl methyl sites for hydroxylation is 1. The van der Waals surface area contributed by atoms with Crippen molar-refractivity contribution < 1.29 is 14.6 Å². The van der Waals surface area contributed by atoms with Gasteiger partial charge >= 0.3 is 5.97 Å². The van der Waals surface area contributed by atoms with Gasteiger partial charge in [0.2, 0.25) is 0 Å². The number of hydrogen-bond acceptors (Lipinski definition) is 4. The molecule has 110 valence electrons. The third-order valence-corrected chi connectivity index (χ3v) is 3.71. The Balaban J connectivity index is 2.07. The second-order valence-corrected chi connectivity index (χ2v) is 5.29. The summed E-state index contributed by atoms with van der Waals surface area (Å²) >= 11 is 0. The topological polar surface area (TPSA) is 71.5 Å². The van der Waals surface area contributed by atoms with E-state index in [4.69, 9.17) is 9.84 Å². The lowest BCUT2D eigenvalue weighted by Crippen LogP contribution is -2.21. The SMILES string of the molecule is CCCc1cc(C(=O)O)cc(NCC2CCOC2C)n1. The van der Waals surface area contributed by atoms with Crippen molar-refractivity contribution in [3.05, 3.63) is 23.4 Å². The maximum absolute atomic E-state index is 11.1. The molecule has 0 saturated carbocycles. The third kappa shape index (κ3) is 3.70. The molecule has 1 aliphatic rings. The molecule has 1 fully saturated rings. The largest absolute Gasteiger partial charge is 0.478 e. The van der Waals surface area contributed by atoms with Crippen LogP contribution in [0.2, 0.25) is 0 Å². The van der Waals surface area contributed by atoms with E-state index in [2.05, 4.69) is 24.1 Å². The molecule has 0 spiro atoms. The van der Waals surface area contributed by atoms with E-state index >= 15 is 0 Å². The summed E-state index contributed by atoms with van der Waals surface area (Å²) in [5, 5.41) is 12.4. The molecule has 1 aromatic heterocycles. The van der Waals surface area contributed by atoms with Crippen molar-refractivity contribution in [1.29, 1.82) is 0 Å². The Kier molecular flexibility index (Phi) is 4.95. The molecule has 1 aliphatic heterocycles. The van der Waals surface area contributed by atoms with Gasteiger partial charge in [0.25, 0.3) is 0 Å². The standard InChI is InChI=1S/C15H22N2O3/c1-3-4-13-7-12(15(18)19)8-14(17-13)16-9-11-5-6-20-10(11)2/h7-8,10-11H,3-6,9H2,1-2H3,(H,16,17)(H,18,19). The van der Waals surface area contributed by atoms with Crippen LogP contribution in [0.1, 0.15) is 42.7 Å². The molecule has 5 heteroatoms. The predicted molar refractivity (Wildman–Crippen MR) is 77.2 cm³/mol. The first-order valence-corrected chi connectivity index (χ1v) is 7.20. The van der Waals surface area contributed by atoms with Gasteiger partial charge in [-0.15, -0.1) is 0 Å². The Morgan fingerprint density at radius 1 is 1.55 bits per heavy atom. The Hall–Kier alpha value is -1.62. The van der Waals surface area contributed by atoms with Crippen LogP contribution in [0.25, 0.3) is 0 Å². The average molecular weight is 278 g/mol. The monoisotopic (exact) mass is 278 g/mol. The van der Waals surface area contributed by atoms with Crippen LogP contribution in [0.15, 0.2) is 12.1 Å². The van der Waals surface area contributed by atoms with Crippen LogP contribution in [0, 0.1) is 5.92 Å². The van der Waals surface area contributed by atoms with E-state index < -0.39 is 5.97 Å². The fourth-order valence-corrected chi connectivity index (χ4v) is 2.47. The van der Waals surface area contributed by atoms with Crippen molar-refractivity contribution >= 4 is 11.8 Å². The molecule has 2 heterocycles. The van der Waals surface area contributed by atoms with Crippen molar-refractivity contribution in [3.8, 4) is 0 Å². The zero-order valence-corrected chi connectivity index (χ0v) is 12.1. The minimum Gasteiger partial charge on any atom is -0.478 e. The number of nitrogens with one attached hydrogen (secondary N) is 1. The van der Waals surface area contributed by atoms with E-state index in [0.717, 1.165) is 38.1 Å². The number of hydrogen-bond donors (Lipinski definition) is 2. The van der Waals surface area contributed by atoms with Gasteiger partial charge in [0.15, 0.2) is 0 Å². The summed E-state index contributed by atoms with van der Waals surface area (Å²) in [4.78, 5) is 15.6. The Morgan fingerprint density at radius 3 is 2.95 bits per heavy atom. The van der Waals surface area contributed by atoms with Crippen molar-refractivity contribution in [2.45, 2.75) is 39.2 Å². The first-order valence-electron chi connectivity index (χ1n) is 7.20. The first-order chi connectivity index (χ1) is 9.60. The number of carbonyl (C=O) groups is 1. The lowest BCUT2D eigenvalue weighted by Gasteiger charge is -2.16. The fraction of sp³-hybridized carbons (Fsp3) is 0.600. The van der Waals surface area contributed by atoms with Gasteiger partial charge in [0.1, 0.15) is 5.82 Å². The van der Waals surface area contributed by atoms with E-state index in [-0.39, 0.29) is 6.10 Å². The smallest absolute Gasteiger partial charge is 0.335 e. The molecule has 2 N–H and O–H groups in total. The second-order valence-electron chi connectivity index (χ2n) is 5.29. The zero-order chi connectivity index (χ0) is 14.5. The van der Waals surface area contributed by atoms with Crippen LogP contribution in [0.5, 0.6) is 0 Å². The molecule has 2 rings (SSSR count). The molecule has 0 bridgehead atoms. The predicted octanol–water partition coefficient (Wildman–Crippen LogP) is 2.57. The van der Waals surface area contributed by atoms with Crippen molar-refractivity contribution in [1.82, 2.24) is 4.98 Å². The van der Waals surface area contributed by atoms with Gasteiger partial charge in [0, 0.05) is 24.8 Å². The Bertz CT molecular complexity index is 476. The van der Waals surface area contributed by atoms with Crippen LogP contribution in [-0.4, -0.2) is 35.3 Å². The minimum absolute atomic E-state index is 0.250. The van der Waals surface area contributed by atoms with Crippen molar-refractivity contribution in [2.24, 2.45) is 5.92 Å². The highest BCUT2D eigenvalue weighted by molar-refractivity contribution is 5.88. The lowest BCUT2D eigenvalue weighted by molar-refractivity contribution is 0.0696. The van der Waals surface area contributed by atoms with Gasteiger partial charge in [-0.2, -0.15) is 0 Å². The highest BCUT2D eigenvalue weighted by Gasteiger charge is 2.24. The van der Waals surface area contributed by atoms with Gasteiger partial charge in [-0.25, -0.2) is 9.78 Å². The van der Waals surface area contributed by atoms with E-state index in [1.165, 1.54) is 0 Å². The molecule has 2 unspecified atom stereocenters. The quantitative estimate of drug-likeness (QED) is 0.836. The van der Waals surface area contributed by atoms with Crippen LogP contribution in [0.3, 0.4) is 0 Å². The molecular formula is C15H22N2O3. The summed E-state index contributed by atoms with van der Waals surface area (Å²) in [5.41, 5.74) is 1.12. The summed E-state index contributed by atoms with van der Waals surface area (Å²) in [6, 6.07) is 3.25. The lowest BCUT2D eigenvalue weighted by atomic mass is 10.0. The molecule has 2 atom stereocenters. The molecule has 0 aliphatic carbocycles. The zero-order valence-electron chi connectivity index (χ0n) is 12.1. The number of aromatic nitrogens is 1. The maximum Gasteiger partial charge on any atom is 0.335 e. The van der Waals surface area contributed by atoms with E-state index in [9.17, 15) is 4.79 Å². The normalized spacial score (nSPS) is 21.9. The Labute approximate surface area is 119 Å². The minimum atomic E-state index is -0.912. The number of aromatic carboxylic acids is 1. The molecule has 1 saturated heterocycles. The number of nitrogens with zero attached hydrogens (tertiary/aromatic N) is 1. The molecule has 5 nitrogen and oxygen atoms in total.